The number of hydrogen-bond donors (Lipinski definition) is 0. The van der Waals surface area contributed by atoms with Crippen molar-refractivity contribution in [2.75, 3.05) is 39.6 Å². The Morgan fingerprint density at radius 1 is 0.426 bits per heavy atom. The molecule has 1 saturated carbocycles. The van der Waals surface area contributed by atoms with Gasteiger partial charge in [-0.1, -0.05) is 167 Å². The fourth-order valence-corrected chi connectivity index (χ4v) is 10.4. The van der Waals surface area contributed by atoms with Crippen LogP contribution in [0.15, 0.2) is 48.5 Å². The Morgan fingerprint density at radius 2 is 0.735 bits per heavy atom. The Morgan fingerprint density at radius 3 is 1.09 bits per heavy atom. The summed E-state index contributed by atoms with van der Waals surface area (Å²) in [4.78, 5) is 50.2. The second kappa shape index (κ2) is 32.9. The van der Waals surface area contributed by atoms with Crippen LogP contribution in [0.5, 0.6) is 0 Å². The molecule has 10 heteroatoms. The van der Waals surface area contributed by atoms with Crippen molar-refractivity contribution in [2.24, 2.45) is 23.7 Å². The third-order valence-electron chi connectivity index (χ3n) is 14.6. The summed E-state index contributed by atoms with van der Waals surface area (Å²) in [5.74, 6) is 1.74. The zero-order valence-electron chi connectivity index (χ0n) is 42.2. The van der Waals surface area contributed by atoms with Gasteiger partial charge in [-0.25, -0.2) is 19.2 Å². The lowest BCUT2D eigenvalue weighted by Gasteiger charge is -2.44. The van der Waals surface area contributed by atoms with Crippen molar-refractivity contribution in [2.45, 2.75) is 206 Å². The molecule has 0 radical (unpaired) electrons. The van der Waals surface area contributed by atoms with Crippen LogP contribution < -0.4 is 0 Å². The van der Waals surface area contributed by atoms with Crippen LogP contribution in [0.1, 0.15) is 235 Å². The van der Waals surface area contributed by atoms with E-state index in [1.165, 1.54) is 141 Å². The minimum atomic E-state index is -0.452. The van der Waals surface area contributed by atoms with Crippen molar-refractivity contribution in [1.82, 2.24) is 0 Å². The summed E-state index contributed by atoms with van der Waals surface area (Å²) in [5, 5.41) is 0. The Balaban J connectivity index is 1.01. The van der Waals surface area contributed by atoms with Crippen LogP contribution >= 0.6 is 0 Å². The molecule has 0 N–H and O–H groups in total. The van der Waals surface area contributed by atoms with Gasteiger partial charge in [-0.05, 0) is 98.6 Å². The van der Waals surface area contributed by atoms with Gasteiger partial charge in [0.2, 0.25) is 0 Å². The zero-order valence-corrected chi connectivity index (χ0v) is 42.2. The molecule has 2 heterocycles. The van der Waals surface area contributed by atoms with Crippen molar-refractivity contribution in [3.8, 4) is 0 Å². The van der Waals surface area contributed by atoms with E-state index >= 15 is 0 Å². The molecule has 2 aliphatic heterocycles. The molecule has 3 fully saturated rings. The summed E-state index contributed by atoms with van der Waals surface area (Å²) in [5.41, 5.74) is 1.44. The molecular weight excluding hydrogens is 857 g/mol. The van der Waals surface area contributed by atoms with Gasteiger partial charge in [-0.3, -0.25) is 0 Å². The molecule has 6 unspecified atom stereocenters. The number of esters is 4. The van der Waals surface area contributed by atoms with E-state index in [2.05, 4.69) is 13.8 Å². The lowest BCUT2D eigenvalue weighted by Crippen LogP contribution is -2.35. The number of carbonyl (C=O) groups is 4. The highest BCUT2D eigenvalue weighted by Crippen LogP contribution is 2.48. The number of epoxide rings is 2. The van der Waals surface area contributed by atoms with Gasteiger partial charge in [0, 0.05) is 0 Å². The summed E-state index contributed by atoms with van der Waals surface area (Å²) < 4.78 is 31.9. The van der Waals surface area contributed by atoms with Crippen molar-refractivity contribution in [3.63, 3.8) is 0 Å². The van der Waals surface area contributed by atoms with Crippen LogP contribution in [0, 0.1) is 23.7 Å². The molecule has 1 aliphatic carbocycles. The minimum absolute atomic E-state index is 0.00178. The van der Waals surface area contributed by atoms with Gasteiger partial charge >= 0.3 is 23.9 Å². The van der Waals surface area contributed by atoms with Gasteiger partial charge < -0.3 is 28.4 Å². The van der Waals surface area contributed by atoms with Gasteiger partial charge in [-0.15, -0.1) is 0 Å². The molecule has 5 rings (SSSR count). The molecule has 68 heavy (non-hydrogen) atoms. The molecule has 380 valence electrons. The Bertz CT molecular complexity index is 1610. The van der Waals surface area contributed by atoms with E-state index in [4.69, 9.17) is 28.4 Å². The topological polar surface area (TPSA) is 130 Å². The average molecular weight is 945 g/mol. The Labute approximate surface area is 410 Å². The zero-order chi connectivity index (χ0) is 48.0. The monoisotopic (exact) mass is 945 g/mol. The van der Waals surface area contributed by atoms with E-state index in [0.29, 0.717) is 48.7 Å². The number of rotatable bonds is 38. The first-order chi connectivity index (χ1) is 33.4. The molecule has 10 nitrogen and oxygen atoms in total. The number of benzene rings is 2. The summed E-state index contributed by atoms with van der Waals surface area (Å²) in [6.07, 6.45) is 35.8. The Hall–Kier alpha value is -3.76. The molecule has 0 aromatic heterocycles. The smallest absolute Gasteiger partial charge is 0.338 e. The minimum Gasteiger partial charge on any atom is -0.462 e. The maximum atomic E-state index is 12.7. The standard InChI is InChI=1S/C58H88O10/c1-3-5-7-13-19-27-45-35-36-46(28-20-14-8-6-4-2)54(34-22-16-10-12-18-24-38-64-56(60)48-30-26-32-50(40-48)58(62)68-44-52-42-66-52)53(45)33-21-15-9-11-17-23-37-63-55(59)47-29-25-31-49(39-47)57(61)67-43-51-41-65-51/h25-26,29-32,39-40,45-46,51-54H,3-24,27-28,33-38,41-44H2,1-2H3. The first-order valence-electron chi connectivity index (χ1n) is 27.5. The summed E-state index contributed by atoms with van der Waals surface area (Å²) in [6.45, 7) is 7.11. The van der Waals surface area contributed by atoms with Gasteiger partial charge in [0.25, 0.3) is 0 Å². The first kappa shape index (κ1) is 55.2. The van der Waals surface area contributed by atoms with Gasteiger partial charge in [0.1, 0.15) is 25.4 Å². The van der Waals surface area contributed by atoms with Crippen LogP contribution in [0.4, 0.5) is 0 Å². The molecule has 6 atom stereocenters. The van der Waals surface area contributed by atoms with Crippen molar-refractivity contribution in [3.05, 3.63) is 70.8 Å². The fourth-order valence-electron chi connectivity index (χ4n) is 10.4. The van der Waals surface area contributed by atoms with E-state index in [-0.39, 0.29) is 25.4 Å². The first-order valence-corrected chi connectivity index (χ1v) is 27.5. The molecule has 2 saturated heterocycles. The number of hydrogen-bond acceptors (Lipinski definition) is 10. The van der Waals surface area contributed by atoms with Gasteiger partial charge in [0.15, 0.2) is 0 Å². The number of ether oxygens (including phenoxy) is 6. The Kier molecular flexibility index (Phi) is 26.7. The number of unbranched alkanes of at least 4 members (excludes halogenated alkanes) is 18. The van der Waals surface area contributed by atoms with E-state index in [1.807, 2.05) is 0 Å². The predicted molar refractivity (Wildman–Crippen MR) is 268 cm³/mol. The quantitative estimate of drug-likeness (QED) is 0.0277. The molecule has 2 aromatic carbocycles. The van der Waals surface area contributed by atoms with Crippen molar-refractivity contribution < 1.29 is 47.6 Å². The second-order valence-electron chi connectivity index (χ2n) is 20.2. The van der Waals surface area contributed by atoms with Crippen molar-refractivity contribution in [1.29, 1.82) is 0 Å². The lowest BCUT2D eigenvalue weighted by atomic mass is 9.61. The van der Waals surface area contributed by atoms with E-state index in [1.54, 1.807) is 48.5 Å². The highest BCUT2D eigenvalue weighted by molar-refractivity contribution is 5.96. The second-order valence-corrected chi connectivity index (χ2v) is 20.2. The van der Waals surface area contributed by atoms with Crippen LogP contribution in [-0.2, 0) is 28.4 Å². The van der Waals surface area contributed by atoms with E-state index in [9.17, 15) is 19.2 Å². The normalized spacial score (nSPS) is 20.7. The van der Waals surface area contributed by atoms with Crippen molar-refractivity contribution >= 4 is 23.9 Å². The number of carbonyl (C=O) groups excluding carboxylic acids is 4. The highest BCUT2D eigenvalue weighted by Gasteiger charge is 2.38. The fraction of sp³-hybridized carbons (Fsp3) is 0.724. The predicted octanol–water partition coefficient (Wildman–Crippen LogP) is 14.3. The molecule has 0 spiro atoms. The maximum absolute atomic E-state index is 12.7. The summed E-state index contributed by atoms with van der Waals surface area (Å²) in [7, 11) is 0. The van der Waals surface area contributed by atoms with Gasteiger partial charge in [0.05, 0.1) is 48.7 Å². The molecule has 2 aromatic rings. The van der Waals surface area contributed by atoms with Crippen LogP contribution in [-0.4, -0.2) is 75.7 Å². The highest BCUT2D eigenvalue weighted by atomic mass is 16.6. The molecule has 0 amide bonds. The summed E-state index contributed by atoms with van der Waals surface area (Å²) in [6, 6.07) is 13.1. The molecule has 3 aliphatic rings. The van der Waals surface area contributed by atoms with Gasteiger partial charge in [-0.2, -0.15) is 0 Å². The largest absolute Gasteiger partial charge is 0.462 e. The maximum Gasteiger partial charge on any atom is 0.338 e. The van der Waals surface area contributed by atoms with E-state index < -0.39 is 23.9 Å². The van der Waals surface area contributed by atoms with E-state index in [0.717, 1.165) is 62.2 Å². The van der Waals surface area contributed by atoms with Crippen LogP contribution in [0.3, 0.4) is 0 Å². The summed E-state index contributed by atoms with van der Waals surface area (Å²) >= 11 is 0. The third kappa shape index (κ3) is 21.9. The lowest BCUT2D eigenvalue weighted by molar-refractivity contribution is 0.0464. The molecule has 0 bridgehead atoms. The van der Waals surface area contributed by atoms with Crippen LogP contribution in [0.2, 0.25) is 0 Å². The van der Waals surface area contributed by atoms with Crippen LogP contribution in [0.25, 0.3) is 0 Å². The SMILES string of the molecule is CCCCCCCC1CCC(CCCCCCC)C(CCCCCCCCOC(=O)c2cccc(C(=O)OCC3CO3)c2)C1CCCCCCCCOC(=O)c1cccc(C(=O)OCC2CO2)c1. The third-order valence-corrected chi connectivity index (χ3v) is 14.6. The molecular formula is C58H88O10. The average Bonchev–Trinajstić information content (AvgIpc) is 4.31.